The van der Waals surface area contributed by atoms with Crippen molar-refractivity contribution in [2.24, 2.45) is 0 Å². The third-order valence-corrected chi connectivity index (χ3v) is 2.00. The zero-order valence-electron chi connectivity index (χ0n) is 8.70. The van der Waals surface area contributed by atoms with Crippen molar-refractivity contribution in [2.45, 2.75) is 12.8 Å². The van der Waals surface area contributed by atoms with Gasteiger partial charge in [-0.05, 0) is 0 Å². The highest BCUT2D eigenvalue weighted by Gasteiger charge is 2.22. The molecule has 2 amide bonds. The molecule has 90 valence electrons. The topological polar surface area (TPSA) is 74.8 Å². The summed E-state index contributed by atoms with van der Waals surface area (Å²) in [6, 6.07) is 0. The summed E-state index contributed by atoms with van der Waals surface area (Å²) in [7, 11) is 2.47. The van der Waals surface area contributed by atoms with Crippen molar-refractivity contribution in [3.05, 3.63) is 0 Å². The number of ketones is 2. The summed E-state index contributed by atoms with van der Waals surface area (Å²) in [6.07, 6.45) is -1.31. The number of halogens is 2. The van der Waals surface area contributed by atoms with Crippen LogP contribution in [0.5, 0.6) is 0 Å². The smallest absolute Gasteiger partial charge is 0.244 e. The summed E-state index contributed by atoms with van der Waals surface area (Å²) in [5, 5.41) is 0. The van der Waals surface area contributed by atoms with Gasteiger partial charge in [-0.15, -0.1) is 0 Å². The largest absolute Gasteiger partial charge is 0.290 e. The normalized spacial score (nSPS) is 9.50. The Morgan fingerprint density at radius 2 is 1.06 bits per heavy atom. The molecule has 0 heterocycles. The predicted molar refractivity (Wildman–Crippen MR) is 56.5 cm³/mol. The summed E-state index contributed by atoms with van der Waals surface area (Å²) in [6.45, 7) is 0. The van der Waals surface area contributed by atoms with E-state index in [2.05, 4.69) is 0 Å². The fourth-order valence-electron chi connectivity index (χ4n) is 0.690. The maximum Gasteiger partial charge on any atom is 0.244 e. The molecule has 0 rings (SSSR count). The Hall–Kier alpha value is -1.14. The Morgan fingerprint density at radius 1 is 0.812 bits per heavy atom. The van der Waals surface area contributed by atoms with Crippen LogP contribution in [0.15, 0.2) is 0 Å². The van der Waals surface area contributed by atoms with Crippen LogP contribution in [0.4, 0.5) is 0 Å². The molecule has 0 radical (unpaired) electrons. The van der Waals surface area contributed by atoms with Gasteiger partial charge in [0.1, 0.15) is 0 Å². The van der Waals surface area contributed by atoms with Crippen LogP contribution in [0.3, 0.4) is 0 Å². The minimum Gasteiger partial charge on any atom is -0.290 e. The fourth-order valence-corrected chi connectivity index (χ4v) is 0.809. The summed E-state index contributed by atoms with van der Waals surface area (Å²) in [5.74, 6) is -3.37. The lowest BCUT2D eigenvalue weighted by Crippen LogP contribution is -2.28. The lowest BCUT2D eigenvalue weighted by Gasteiger charge is -2.07. The van der Waals surface area contributed by atoms with E-state index in [9.17, 15) is 19.2 Å². The van der Waals surface area contributed by atoms with Crippen molar-refractivity contribution < 1.29 is 19.2 Å². The van der Waals surface area contributed by atoms with Gasteiger partial charge >= 0.3 is 0 Å². The van der Waals surface area contributed by atoms with Crippen LogP contribution in [-0.4, -0.2) is 46.3 Å². The van der Waals surface area contributed by atoms with Gasteiger partial charge in [0.05, 0.1) is 12.8 Å². The lowest BCUT2D eigenvalue weighted by molar-refractivity contribution is -0.143. The monoisotopic (exact) mass is 268 g/mol. The molecular weight excluding hydrogens is 259 g/mol. The minimum atomic E-state index is -0.968. The Labute approximate surface area is 102 Å². The number of hydrogen-bond donors (Lipinski definition) is 0. The van der Waals surface area contributed by atoms with Gasteiger partial charge in [0.25, 0.3) is 0 Å². The fraction of sp³-hybridized carbons (Fsp3) is 0.500. The van der Waals surface area contributed by atoms with Crippen LogP contribution in [0.1, 0.15) is 12.8 Å². The van der Waals surface area contributed by atoms with Crippen LogP contribution in [-0.2, 0) is 19.2 Å². The standard InChI is InChI=1S/C8H10Cl2N2O4/c1-11(9)7(15)3-5(13)6(14)4-8(16)12(2)10/h3-4H2,1-2H3. The Bertz CT molecular complexity index is 296. The van der Waals surface area contributed by atoms with Gasteiger partial charge in [0, 0.05) is 37.6 Å². The number of Topliss-reactive ketones (excluding diaryl/α,β-unsaturated/α-hetero) is 2. The number of nitrogens with zero attached hydrogens (tertiary/aromatic N) is 2. The first-order chi connectivity index (χ1) is 7.25. The molecule has 0 aromatic carbocycles. The van der Waals surface area contributed by atoms with Crippen molar-refractivity contribution in [3.63, 3.8) is 0 Å². The van der Waals surface area contributed by atoms with Gasteiger partial charge in [-0.3, -0.25) is 28.0 Å². The van der Waals surface area contributed by atoms with Gasteiger partial charge in [-0.1, -0.05) is 0 Å². The Morgan fingerprint density at radius 3 is 1.25 bits per heavy atom. The summed E-state index contributed by atoms with van der Waals surface area (Å²) in [5.41, 5.74) is 0. The van der Waals surface area contributed by atoms with E-state index >= 15 is 0 Å². The van der Waals surface area contributed by atoms with Crippen LogP contribution in [0.2, 0.25) is 0 Å². The third kappa shape index (κ3) is 5.09. The molecule has 0 aliphatic heterocycles. The van der Waals surface area contributed by atoms with E-state index in [1.807, 2.05) is 0 Å². The van der Waals surface area contributed by atoms with Gasteiger partial charge in [-0.2, -0.15) is 0 Å². The van der Waals surface area contributed by atoms with E-state index in [0.29, 0.717) is 8.84 Å². The van der Waals surface area contributed by atoms with Crippen LogP contribution in [0, 0.1) is 0 Å². The Kier molecular flexibility index (Phi) is 5.98. The minimum absolute atomic E-state index is 0.655. The van der Waals surface area contributed by atoms with E-state index in [1.165, 1.54) is 14.1 Å². The third-order valence-electron chi connectivity index (χ3n) is 1.62. The van der Waals surface area contributed by atoms with Crippen molar-refractivity contribution in [3.8, 4) is 0 Å². The van der Waals surface area contributed by atoms with Crippen LogP contribution < -0.4 is 0 Å². The summed E-state index contributed by atoms with van der Waals surface area (Å²) in [4.78, 5) is 44.2. The van der Waals surface area contributed by atoms with Gasteiger partial charge < -0.3 is 0 Å². The highest BCUT2D eigenvalue weighted by atomic mass is 35.5. The average molecular weight is 269 g/mol. The molecule has 0 spiro atoms. The average Bonchev–Trinajstić information content (AvgIpc) is 2.16. The summed E-state index contributed by atoms with van der Waals surface area (Å²) >= 11 is 10.5. The molecule has 0 atom stereocenters. The van der Waals surface area contributed by atoms with Crippen molar-refractivity contribution in [2.75, 3.05) is 14.1 Å². The molecule has 0 saturated heterocycles. The van der Waals surface area contributed by atoms with E-state index in [1.54, 1.807) is 0 Å². The van der Waals surface area contributed by atoms with Crippen LogP contribution >= 0.6 is 23.6 Å². The maximum absolute atomic E-state index is 11.1. The molecule has 0 fully saturated rings. The zero-order valence-corrected chi connectivity index (χ0v) is 10.2. The van der Waals surface area contributed by atoms with Gasteiger partial charge in [-0.25, -0.2) is 0 Å². The second-order valence-electron chi connectivity index (χ2n) is 2.94. The Balaban J connectivity index is 4.26. The zero-order chi connectivity index (χ0) is 12.9. The van der Waals surface area contributed by atoms with E-state index in [4.69, 9.17) is 23.6 Å². The van der Waals surface area contributed by atoms with Crippen molar-refractivity contribution >= 4 is 46.9 Å². The lowest BCUT2D eigenvalue weighted by atomic mass is 10.1. The summed E-state index contributed by atoms with van der Waals surface area (Å²) < 4.78 is 1.33. The van der Waals surface area contributed by atoms with Crippen molar-refractivity contribution in [1.82, 2.24) is 8.84 Å². The molecule has 0 saturated carbocycles. The van der Waals surface area contributed by atoms with Crippen LogP contribution in [0.25, 0.3) is 0 Å². The molecule has 0 N–H and O–H groups in total. The molecule has 6 nitrogen and oxygen atoms in total. The SMILES string of the molecule is CN(Cl)C(=O)CC(=O)C(=O)CC(=O)N(C)Cl. The number of hydrogen-bond acceptors (Lipinski definition) is 4. The number of amides is 2. The predicted octanol–water partition coefficient (Wildman–Crippen LogP) is 0.129. The van der Waals surface area contributed by atoms with Crippen molar-refractivity contribution in [1.29, 1.82) is 0 Å². The molecule has 0 aliphatic rings. The molecular formula is C8H10Cl2N2O4. The molecule has 0 bridgehead atoms. The molecule has 0 aliphatic carbocycles. The number of carbonyl (C=O) groups excluding carboxylic acids is 4. The first-order valence-corrected chi connectivity index (χ1v) is 4.84. The van der Waals surface area contributed by atoms with Gasteiger partial charge in [0.2, 0.25) is 23.4 Å². The highest BCUT2D eigenvalue weighted by Crippen LogP contribution is 2.01. The van der Waals surface area contributed by atoms with E-state index in [0.717, 1.165) is 0 Å². The molecule has 8 heteroatoms. The maximum atomic E-state index is 11.1. The number of rotatable bonds is 5. The molecule has 16 heavy (non-hydrogen) atoms. The quantitative estimate of drug-likeness (QED) is 0.404. The molecule has 0 aromatic heterocycles. The second-order valence-corrected chi connectivity index (χ2v) is 3.96. The number of carbonyl (C=O) groups is 4. The van der Waals surface area contributed by atoms with E-state index < -0.39 is 36.2 Å². The first kappa shape index (κ1) is 14.9. The van der Waals surface area contributed by atoms with Gasteiger partial charge in [0.15, 0.2) is 0 Å². The molecule has 0 unspecified atom stereocenters. The molecule has 0 aromatic rings. The highest BCUT2D eigenvalue weighted by molar-refractivity contribution is 6.44. The second kappa shape index (κ2) is 6.44. The first-order valence-electron chi connectivity index (χ1n) is 4.16. The van der Waals surface area contributed by atoms with E-state index in [-0.39, 0.29) is 0 Å².